The van der Waals surface area contributed by atoms with Crippen LogP contribution in [0, 0.1) is 17.2 Å². The van der Waals surface area contributed by atoms with Crippen LogP contribution < -0.4 is 11.1 Å². The van der Waals surface area contributed by atoms with Gasteiger partial charge in [-0.2, -0.15) is 0 Å². The normalized spacial score (nSPS) is 26.5. The van der Waals surface area contributed by atoms with Gasteiger partial charge < -0.3 is 11.1 Å². The maximum atomic E-state index is 13.0. The van der Waals surface area contributed by atoms with Crippen LogP contribution in [0.1, 0.15) is 31.1 Å². The minimum atomic E-state index is -0.547. The fourth-order valence-electron chi connectivity index (χ4n) is 4.11. The molecule has 2 fully saturated rings. The maximum absolute atomic E-state index is 13.0. The molecule has 1 saturated carbocycles. The van der Waals surface area contributed by atoms with Gasteiger partial charge >= 0.3 is 0 Å². The van der Waals surface area contributed by atoms with Crippen LogP contribution in [0.2, 0.25) is 0 Å². The Morgan fingerprint density at radius 1 is 1.31 bits per heavy atom. The quantitative estimate of drug-likeness (QED) is 0.724. The number of benzene rings is 1. The van der Waals surface area contributed by atoms with Crippen LogP contribution in [0.5, 0.6) is 0 Å². The first-order valence-corrected chi connectivity index (χ1v) is 9.87. The van der Waals surface area contributed by atoms with Gasteiger partial charge in [-0.05, 0) is 60.4 Å². The van der Waals surface area contributed by atoms with E-state index in [1.165, 1.54) is 11.3 Å². The van der Waals surface area contributed by atoms with E-state index >= 15 is 0 Å². The highest BCUT2D eigenvalue weighted by molar-refractivity contribution is 7.10. The van der Waals surface area contributed by atoms with E-state index in [-0.39, 0.29) is 17.8 Å². The lowest BCUT2D eigenvalue weighted by Gasteiger charge is -2.50. The number of hydrogen-bond acceptors (Lipinski definition) is 4. The molecule has 4 rings (SSSR count). The minimum Gasteiger partial charge on any atom is -0.399 e. The van der Waals surface area contributed by atoms with Gasteiger partial charge in [0.15, 0.2) is 5.96 Å². The van der Waals surface area contributed by atoms with Gasteiger partial charge in [0.2, 0.25) is 5.91 Å². The number of nitrogens with zero attached hydrogens (tertiary/aromatic N) is 1. The third kappa shape index (κ3) is 2.60. The Kier molecular flexibility index (Phi) is 4.03. The molecule has 0 spiro atoms. The Bertz CT molecular complexity index is 872. The van der Waals surface area contributed by atoms with Crippen LogP contribution in [-0.4, -0.2) is 23.8 Å². The Balaban J connectivity index is 1.74. The molecule has 4 N–H and O–H groups in total. The standard InChI is InChI=1S/C20H24N4OS/c1-20(16-10-14(11-26-16)13-7-4-8-15(21)9-13)17(12-5-3-6-12)18(25)24(2)19(22)23-20/h4,7-12,17H,3,5-6,21H2,1-2H3,(H2,22,23)/t17-,20-/m1/s1. The van der Waals surface area contributed by atoms with E-state index < -0.39 is 5.54 Å². The number of thiophene rings is 1. The molecule has 136 valence electrons. The molecule has 0 bridgehead atoms. The third-order valence-electron chi connectivity index (χ3n) is 5.88. The van der Waals surface area contributed by atoms with Crippen molar-refractivity contribution in [3.05, 3.63) is 40.6 Å². The zero-order valence-corrected chi connectivity index (χ0v) is 15.9. The van der Waals surface area contributed by atoms with E-state index in [9.17, 15) is 4.79 Å². The van der Waals surface area contributed by atoms with Gasteiger partial charge in [-0.15, -0.1) is 11.3 Å². The van der Waals surface area contributed by atoms with Gasteiger partial charge in [0.05, 0.1) is 11.5 Å². The molecule has 1 amide bonds. The summed E-state index contributed by atoms with van der Waals surface area (Å²) in [6, 6.07) is 9.98. The zero-order valence-electron chi connectivity index (χ0n) is 15.1. The second-order valence-corrected chi connectivity index (χ2v) is 8.48. The molecule has 1 aromatic carbocycles. The van der Waals surface area contributed by atoms with Crippen LogP contribution in [0.25, 0.3) is 11.1 Å². The van der Waals surface area contributed by atoms with Crippen molar-refractivity contribution in [1.82, 2.24) is 10.2 Å². The number of anilines is 1. The molecule has 2 heterocycles. The molecule has 2 aromatic rings. The van der Waals surface area contributed by atoms with Crippen LogP contribution in [-0.2, 0) is 10.3 Å². The molecule has 1 aliphatic carbocycles. The van der Waals surface area contributed by atoms with Gasteiger partial charge in [0, 0.05) is 17.6 Å². The van der Waals surface area contributed by atoms with E-state index in [1.54, 1.807) is 18.4 Å². The molecule has 6 heteroatoms. The number of hydrogen-bond donors (Lipinski definition) is 3. The molecule has 2 aliphatic rings. The number of amides is 1. The fourth-order valence-corrected chi connectivity index (χ4v) is 5.19. The summed E-state index contributed by atoms with van der Waals surface area (Å²) in [5.41, 5.74) is 8.29. The summed E-state index contributed by atoms with van der Waals surface area (Å²) in [6.45, 7) is 2.07. The van der Waals surface area contributed by atoms with E-state index in [0.717, 1.165) is 34.5 Å². The lowest BCUT2D eigenvalue weighted by molar-refractivity contribution is -0.139. The number of guanidine groups is 1. The predicted molar refractivity (Wildman–Crippen MR) is 106 cm³/mol. The summed E-state index contributed by atoms with van der Waals surface area (Å²) in [5, 5.41) is 13.7. The van der Waals surface area contributed by atoms with Crippen LogP contribution in [0.4, 0.5) is 5.69 Å². The number of nitrogen functional groups attached to an aromatic ring is 1. The molecule has 5 nitrogen and oxygen atoms in total. The van der Waals surface area contributed by atoms with E-state index in [4.69, 9.17) is 11.1 Å². The third-order valence-corrected chi connectivity index (χ3v) is 7.05. The molecular weight excluding hydrogens is 344 g/mol. The molecule has 1 aromatic heterocycles. The average molecular weight is 369 g/mol. The maximum Gasteiger partial charge on any atom is 0.235 e. The summed E-state index contributed by atoms with van der Waals surface area (Å²) >= 11 is 1.65. The van der Waals surface area contributed by atoms with Crippen molar-refractivity contribution in [1.29, 1.82) is 5.41 Å². The lowest BCUT2D eigenvalue weighted by atomic mass is 9.66. The second kappa shape index (κ2) is 6.13. The van der Waals surface area contributed by atoms with Gasteiger partial charge in [-0.1, -0.05) is 18.6 Å². The molecule has 26 heavy (non-hydrogen) atoms. The van der Waals surface area contributed by atoms with Crippen molar-refractivity contribution >= 4 is 28.9 Å². The number of nitrogens with two attached hydrogens (primary N) is 1. The average Bonchev–Trinajstić information content (AvgIpc) is 3.06. The smallest absolute Gasteiger partial charge is 0.235 e. The Morgan fingerprint density at radius 2 is 2.08 bits per heavy atom. The van der Waals surface area contributed by atoms with Crippen molar-refractivity contribution in [2.24, 2.45) is 11.8 Å². The topological polar surface area (TPSA) is 82.2 Å². The van der Waals surface area contributed by atoms with Gasteiger partial charge in [0.1, 0.15) is 0 Å². The number of nitrogens with one attached hydrogen (secondary N) is 2. The Labute approximate surface area is 157 Å². The molecule has 2 atom stereocenters. The first-order chi connectivity index (χ1) is 12.4. The summed E-state index contributed by atoms with van der Waals surface area (Å²) < 4.78 is 0. The summed E-state index contributed by atoms with van der Waals surface area (Å²) in [6.07, 6.45) is 3.36. The van der Waals surface area contributed by atoms with Crippen molar-refractivity contribution in [2.45, 2.75) is 31.7 Å². The SMILES string of the molecule is CN1C(=N)N[C@](C)(c2cc(-c3cccc(N)c3)cs2)[C@H](C2CCC2)C1=O. The van der Waals surface area contributed by atoms with Gasteiger partial charge in [-0.3, -0.25) is 15.1 Å². The highest BCUT2D eigenvalue weighted by Crippen LogP contribution is 2.47. The lowest BCUT2D eigenvalue weighted by Crippen LogP contribution is -2.65. The first kappa shape index (κ1) is 17.1. The van der Waals surface area contributed by atoms with Gasteiger partial charge in [0.25, 0.3) is 0 Å². The molecule has 0 radical (unpaired) electrons. The van der Waals surface area contributed by atoms with Crippen LogP contribution in [0.15, 0.2) is 35.7 Å². The van der Waals surface area contributed by atoms with Crippen molar-refractivity contribution in [3.8, 4) is 11.1 Å². The van der Waals surface area contributed by atoms with Crippen LogP contribution >= 0.6 is 11.3 Å². The summed E-state index contributed by atoms with van der Waals surface area (Å²) in [5.74, 6) is 0.475. The van der Waals surface area contributed by atoms with Crippen LogP contribution in [0.3, 0.4) is 0 Å². The highest BCUT2D eigenvalue weighted by atomic mass is 32.1. The zero-order chi connectivity index (χ0) is 18.5. The highest BCUT2D eigenvalue weighted by Gasteiger charge is 2.52. The Hall–Kier alpha value is -2.34. The molecule has 1 aliphatic heterocycles. The number of carbonyl (C=O) groups is 1. The number of carbonyl (C=O) groups excluding carboxylic acids is 1. The number of rotatable bonds is 3. The summed E-state index contributed by atoms with van der Waals surface area (Å²) in [4.78, 5) is 15.6. The van der Waals surface area contributed by atoms with Gasteiger partial charge in [-0.25, -0.2) is 0 Å². The first-order valence-electron chi connectivity index (χ1n) is 8.99. The predicted octanol–water partition coefficient (Wildman–Crippen LogP) is 3.63. The van der Waals surface area contributed by atoms with E-state index in [1.807, 2.05) is 24.3 Å². The second-order valence-electron chi connectivity index (χ2n) is 7.57. The largest absolute Gasteiger partial charge is 0.399 e. The molecule has 1 saturated heterocycles. The monoisotopic (exact) mass is 368 g/mol. The Morgan fingerprint density at radius 3 is 2.73 bits per heavy atom. The summed E-state index contributed by atoms with van der Waals surface area (Å²) in [7, 11) is 1.69. The van der Waals surface area contributed by atoms with Crippen molar-refractivity contribution in [2.75, 3.05) is 12.8 Å². The minimum absolute atomic E-state index is 0.0554. The molecule has 0 unspecified atom stereocenters. The van der Waals surface area contributed by atoms with E-state index in [2.05, 4.69) is 23.7 Å². The van der Waals surface area contributed by atoms with E-state index in [0.29, 0.717) is 5.92 Å². The fraction of sp³-hybridized carbons (Fsp3) is 0.400. The van der Waals surface area contributed by atoms with Crippen molar-refractivity contribution < 1.29 is 4.79 Å². The van der Waals surface area contributed by atoms with Crippen molar-refractivity contribution in [3.63, 3.8) is 0 Å². The molecular formula is C20H24N4OS.